The number of hydrogen-bond donors (Lipinski definition) is 1. The van der Waals surface area contributed by atoms with Crippen molar-refractivity contribution in [2.75, 3.05) is 18.4 Å². The van der Waals surface area contributed by atoms with Gasteiger partial charge in [0.15, 0.2) is 5.78 Å². The number of nitrogens with zero attached hydrogens (tertiary/aromatic N) is 2. The van der Waals surface area contributed by atoms with Gasteiger partial charge in [-0.25, -0.2) is 0 Å². The third kappa shape index (κ3) is 5.43. The highest BCUT2D eigenvalue weighted by Crippen LogP contribution is 2.32. The molecule has 1 heterocycles. The summed E-state index contributed by atoms with van der Waals surface area (Å²) < 4.78 is 0. The molecule has 4 rings (SSSR count). The standard InChI is InChI=1S/C26H26ClN3O5/c27-22-11-5-4-10-20(22)24(31)21-16-17(30(34)35)12-13-23(21)28-25(32)18-8-2-3-9-19(18)26(33)29-14-6-1-7-15-29/h2-5,10-13,16,18-19H,1,6-9,14-15H2,(H,28,32). The van der Waals surface area contributed by atoms with Crippen molar-refractivity contribution < 1.29 is 19.3 Å². The second kappa shape index (κ2) is 10.8. The molecule has 2 aliphatic rings. The van der Waals surface area contributed by atoms with Gasteiger partial charge in [-0.05, 0) is 50.3 Å². The highest BCUT2D eigenvalue weighted by Gasteiger charge is 2.37. The molecule has 1 fully saturated rings. The van der Waals surface area contributed by atoms with Crippen LogP contribution >= 0.6 is 11.6 Å². The van der Waals surface area contributed by atoms with Gasteiger partial charge in [-0.1, -0.05) is 35.9 Å². The van der Waals surface area contributed by atoms with E-state index in [1.54, 1.807) is 18.2 Å². The van der Waals surface area contributed by atoms with Crippen LogP contribution in [0.1, 0.15) is 48.0 Å². The molecule has 182 valence electrons. The van der Waals surface area contributed by atoms with Gasteiger partial charge in [-0.15, -0.1) is 0 Å². The Hall–Kier alpha value is -3.52. The second-order valence-corrected chi connectivity index (χ2v) is 9.23. The maximum absolute atomic E-state index is 13.4. The first-order valence-corrected chi connectivity index (χ1v) is 12.1. The van der Waals surface area contributed by atoms with E-state index in [-0.39, 0.29) is 33.4 Å². The van der Waals surface area contributed by atoms with E-state index in [1.165, 1.54) is 18.2 Å². The van der Waals surface area contributed by atoms with Crippen LogP contribution in [0.4, 0.5) is 11.4 Å². The predicted octanol–water partition coefficient (Wildman–Crippen LogP) is 5.01. The lowest BCUT2D eigenvalue weighted by Gasteiger charge is -2.34. The van der Waals surface area contributed by atoms with Crippen molar-refractivity contribution in [2.45, 2.75) is 32.1 Å². The fourth-order valence-corrected chi connectivity index (χ4v) is 4.91. The summed E-state index contributed by atoms with van der Waals surface area (Å²) in [7, 11) is 0. The van der Waals surface area contributed by atoms with E-state index in [2.05, 4.69) is 5.32 Å². The van der Waals surface area contributed by atoms with Crippen LogP contribution in [0.3, 0.4) is 0 Å². The van der Waals surface area contributed by atoms with Crippen LogP contribution in [0.15, 0.2) is 54.6 Å². The molecule has 1 aliphatic heterocycles. The number of allylic oxidation sites excluding steroid dienone is 2. The molecule has 0 radical (unpaired) electrons. The summed E-state index contributed by atoms with van der Waals surface area (Å²) in [5, 5.41) is 14.3. The summed E-state index contributed by atoms with van der Waals surface area (Å²) in [6, 6.07) is 10.1. The average molecular weight is 496 g/mol. The third-order valence-corrected chi connectivity index (χ3v) is 6.92. The van der Waals surface area contributed by atoms with E-state index in [1.807, 2.05) is 17.1 Å². The fourth-order valence-electron chi connectivity index (χ4n) is 4.68. The Morgan fingerprint density at radius 1 is 0.943 bits per heavy atom. The maximum Gasteiger partial charge on any atom is 0.270 e. The topological polar surface area (TPSA) is 110 Å². The molecule has 2 aromatic carbocycles. The molecule has 2 unspecified atom stereocenters. The molecule has 1 aliphatic carbocycles. The van der Waals surface area contributed by atoms with E-state index < -0.39 is 28.4 Å². The number of hydrogen-bond acceptors (Lipinski definition) is 5. The number of piperidine rings is 1. The van der Waals surface area contributed by atoms with Crippen molar-refractivity contribution in [1.29, 1.82) is 0 Å². The zero-order valence-electron chi connectivity index (χ0n) is 19.1. The zero-order chi connectivity index (χ0) is 24.9. The molecule has 9 heteroatoms. The van der Waals surface area contributed by atoms with Gasteiger partial charge in [0.1, 0.15) is 0 Å². The van der Waals surface area contributed by atoms with Gasteiger partial charge in [0.25, 0.3) is 5.69 Å². The predicted molar refractivity (Wildman–Crippen MR) is 132 cm³/mol. The number of rotatable bonds is 6. The number of amides is 2. The van der Waals surface area contributed by atoms with Crippen molar-refractivity contribution in [3.05, 3.63) is 80.9 Å². The van der Waals surface area contributed by atoms with Crippen molar-refractivity contribution in [1.82, 2.24) is 4.90 Å². The molecule has 2 amide bonds. The molecule has 0 saturated carbocycles. The lowest BCUT2D eigenvalue weighted by Crippen LogP contribution is -2.45. The Balaban J connectivity index is 1.62. The van der Waals surface area contributed by atoms with Crippen LogP contribution in [0.25, 0.3) is 0 Å². The Labute approximate surface area is 208 Å². The summed E-state index contributed by atoms with van der Waals surface area (Å²) in [6.45, 7) is 1.40. The number of non-ortho nitro benzene ring substituents is 1. The summed E-state index contributed by atoms with van der Waals surface area (Å²) in [6.07, 6.45) is 7.70. The number of nitro benzene ring substituents is 1. The summed E-state index contributed by atoms with van der Waals surface area (Å²) in [4.78, 5) is 52.4. The lowest BCUT2D eigenvalue weighted by molar-refractivity contribution is -0.384. The van der Waals surface area contributed by atoms with Gasteiger partial charge < -0.3 is 10.2 Å². The Morgan fingerprint density at radius 2 is 1.63 bits per heavy atom. The zero-order valence-corrected chi connectivity index (χ0v) is 19.9. The Morgan fingerprint density at radius 3 is 2.31 bits per heavy atom. The largest absolute Gasteiger partial charge is 0.342 e. The lowest BCUT2D eigenvalue weighted by atomic mass is 9.81. The smallest absolute Gasteiger partial charge is 0.270 e. The van der Waals surface area contributed by atoms with Gasteiger partial charge in [0.05, 0.1) is 33.0 Å². The number of benzene rings is 2. The summed E-state index contributed by atoms with van der Waals surface area (Å²) >= 11 is 6.19. The highest BCUT2D eigenvalue weighted by molar-refractivity contribution is 6.35. The number of anilines is 1. The Bertz CT molecular complexity index is 1190. The van der Waals surface area contributed by atoms with Crippen LogP contribution in [0.2, 0.25) is 5.02 Å². The minimum Gasteiger partial charge on any atom is -0.342 e. The van der Waals surface area contributed by atoms with Crippen LogP contribution in [-0.2, 0) is 9.59 Å². The van der Waals surface area contributed by atoms with Crippen molar-refractivity contribution >= 4 is 40.6 Å². The van der Waals surface area contributed by atoms with Gasteiger partial charge in [0.2, 0.25) is 11.8 Å². The monoisotopic (exact) mass is 495 g/mol. The molecule has 1 saturated heterocycles. The van der Waals surface area contributed by atoms with E-state index in [0.29, 0.717) is 25.9 Å². The van der Waals surface area contributed by atoms with Crippen molar-refractivity contribution in [3.8, 4) is 0 Å². The molecule has 2 aromatic rings. The van der Waals surface area contributed by atoms with Gasteiger partial charge in [-0.2, -0.15) is 0 Å². The first-order chi connectivity index (χ1) is 16.9. The van der Waals surface area contributed by atoms with Gasteiger partial charge >= 0.3 is 0 Å². The molecule has 35 heavy (non-hydrogen) atoms. The molecule has 0 spiro atoms. The molecule has 0 bridgehead atoms. The average Bonchev–Trinajstić information content (AvgIpc) is 2.88. The maximum atomic E-state index is 13.4. The van der Waals surface area contributed by atoms with Gasteiger partial charge in [-0.3, -0.25) is 24.5 Å². The van der Waals surface area contributed by atoms with Gasteiger partial charge in [0, 0.05) is 30.8 Å². The minimum absolute atomic E-state index is 0.0229. The number of halogens is 1. The first kappa shape index (κ1) is 24.6. The molecular formula is C26H26ClN3O5. The number of nitrogens with one attached hydrogen (secondary N) is 1. The third-order valence-electron chi connectivity index (χ3n) is 6.59. The summed E-state index contributed by atoms with van der Waals surface area (Å²) in [5.41, 5.74) is -0.00350. The molecule has 0 aromatic heterocycles. The van der Waals surface area contributed by atoms with Crippen LogP contribution in [0, 0.1) is 22.0 Å². The molecule has 1 N–H and O–H groups in total. The van der Waals surface area contributed by atoms with Crippen LogP contribution < -0.4 is 5.32 Å². The number of ketones is 1. The number of carbonyl (C=O) groups excluding carboxylic acids is 3. The molecular weight excluding hydrogens is 470 g/mol. The highest BCUT2D eigenvalue weighted by atomic mass is 35.5. The number of likely N-dealkylation sites (tertiary alicyclic amines) is 1. The number of nitro groups is 1. The number of carbonyl (C=O) groups is 3. The quantitative estimate of drug-likeness (QED) is 0.262. The van der Waals surface area contributed by atoms with Crippen LogP contribution in [-0.4, -0.2) is 40.5 Å². The van der Waals surface area contributed by atoms with Crippen molar-refractivity contribution in [3.63, 3.8) is 0 Å². The fraction of sp³-hybridized carbons (Fsp3) is 0.346. The Kier molecular flexibility index (Phi) is 7.60. The van der Waals surface area contributed by atoms with Crippen molar-refractivity contribution in [2.24, 2.45) is 11.8 Å². The molecule has 8 nitrogen and oxygen atoms in total. The SMILES string of the molecule is O=C(c1ccccc1Cl)c1cc([N+](=O)[O-])ccc1NC(=O)C1CC=CCC1C(=O)N1CCCCC1. The van der Waals surface area contributed by atoms with E-state index >= 15 is 0 Å². The van der Waals surface area contributed by atoms with E-state index in [4.69, 9.17) is 11.6 Å². The summed E-state index contributed by atoms with van der Waals surface area (Å²) in [5.74, 6) is -2.05. The second-order valence-electron chi connectivity index (χ2n) is 8.83. The van der Waals surface area contributed by atoms with E-state index in [0.717, 1.165) is 25.3 Å². The first-order valence-electron chi connectivity index (χ1n) is 11.7. The molecule has 2 atom stereocenters. The van der Waals surface area contributed by atoms with Crippen LogP contribution in [0.5, 0.6) is 0 Å². The normalized spacial score (nSPS) is 19.7. The minimum atomic E-state index is -0.604. The van der Waals surface area contributed by atoms with E-state index in [9.17, 15) is 24.5 Å².